The molecule has 32 heavy (non-hydrogen) atoms. The summed E-state index contributed by atoms with van der Waals surface area (Å²) >= 11 is 1.71. The van der Waals surface area contributed by atoms with Gasteiger partial charge in [-0.1, -0.05) is 17.7 Å². The molecule has 9 heteroatoms. The van der Waals surface area contributed by atoms with E-state index in [1.54, 1.807) is 23.5 Å². The van der Waals surface area contributed by atoms with Crippen LogP contribution in [-0.2, 0) is 37.4 Å². The third-order valence-electron chi connectivity index (χ3n) is 5.98. The van der Waals surface area contributed by atoms with Crippen LogP contribution < -0.4 is 21.5 Å². The molecule has 166 valence electrons. The topological polar surface area (TPSA) is 88.0 Å². The number of carbonyl (C=O) groups is 1. The normalized spacial score (nSPS) is 16.6. The fourth-order valence-corrected chi connectivity index (χ4v) is 5.42. The first-order chi connectivity index (χ1) is 15.5. The molecule has 5 rings (SSSR count). The fourth-order valence-electron chi connectivity index (χ4n) is 4.32. The molecule has 1 aromatic carbocycles. The van der Waals surface area contributed by atoms with Crippen molar-refractivity contribution in [1.29, 1.82) is 0 Å². The summed E-state index contributed by atoms with van der Waals surface area (Å²) in [5, 5.41) is 9.28. The van der Waals surface area contributed by atoms with E-state index >= 15 is 0 Å². The van der Waals surface area contributed by atoms with Gasteiger partial charge in [0.25, 0.3) is 5.56 Å². The molecule has 2 aliphatic rings. The SMILES string of the molecule is Cc1ccc(F)c(CNc2cnc3n(c2=O)[C@H](C(=O)NCc2cc4c(s2)CNC4)CC3)c1. The predicted octanol–water partition coefficient (Wildman–Crippen LogP) is 2.77. The number of nitrogens with one attached hydrogen (secondary N) is 3. The van der Waals surface area contributed by atoms with Gasteiger partial charge in [-0.05, 0) is 31.0 Å². The molecule has 0 fully saturated rings. The van der Waals surface area contributed by atoms with Crippen molar-refractivity contribution in [3.8, 4) is 0 Å². The monoisotopic (exact) mass is 453 g/mol. The van der Waals surface area contributed by atoms with Gasteiger partial charge in [-0.25, -0.2) is 9.37 Å². The van der Waals surface area contributed by atoms with E-state index in [0.29, 0.717) is 30.8 Å². The summed E-state index contributed by atoms with van der Waals surface area (Å²) < 4.78 is 15.5. The molecule has 0 spiro atoms. The lowest BCUT2D eigenvalue weighted by Gasteiger charge is -2.15. The van der Waals surface area contributed by atoms with Crippen molar-refractivity contribution < 1.29 is 9.18 Å². The van der Waals surface area contributed by atoms with Gasteiger partial charge >= 0.3 is 0 Å². The Morgan fingerprint density at radius 3 is 3.03 bits per heavy atom. The van der Waals surface area contributed by atoms with Gasteiger partial charge in [0.05, 0.1) is 12.7 Å². The van der Waals surface area contributed by atoms with E-state index in [1.807, 2.05) is 6.92 Å². The van der Waals surface area contributed by atoms with Crippen LogP contribution >= 0.6 is 11.3 Å². The van der Waals surface area contributed by atoms with Gasteiger partial charge in [-0.15, -0.1) is 11.3 Å². The van der Waals surface area contributed by atoms with E-state index in [1.165, 1.54) is 27.3 Å². The minimum atomic E-state index is -0.587. The minimum Gasteiger partial charge on any atom is -0.375 e. The van der Waals surface area contributed by atoms with Crippen molar-refractivity contribution >= 4 is 22.9 Å². The van der Waals surface area contributed by atoms with Gasteiger partial charge in [0.2, 0.25) is 5.91 Å². The number of aryl methyl sites for hydroxylation is 2. The summed E-state index contributed by atoms with van der Waals surface area (Å²) in [5.41, 5.74) is 2.67. The highest BCUT2D eigenvalue weighted by Crippen LogP contribution is 2.27. The van der Waals surface area contributed by atoms with Crippen molar-refractivity contribution in [1.82, 2.24) is 20.2 Å². The number of hydrogen-bond donors (Lipinski definition) is 3. The van der Waals surface area contributed by atoms with E-state index in [9.17, 15) is 14.0 Å². The molecule has 1 atom stereocenters. The average molecular weight is 454 g/mol. The third kappa shape index (κ3) is 3.93. The number of thiophene rings is 1. The molecule has 7 nitrogen and oxygen atoms in total. The maximum Gasteiger partial charge on any atom is 0.277 e. The number of fused-ring (bicyclic) bond motifs is 2. The molecule has 2 aromatic heterocycles. The van der Waals surface area contributed by atoms with Gasteiger partial charge in [-0.2, -0.15) is 0 Å². The molecule has 1 amide bonds. The zero-order chi connectivity index (χ0) is 22.2. The summed E-state index contributed by atoms with van der Waals surface area (Å²) in [6.45, 7) is 4.26. The largest absolute Gasteiger partial charge is 0.375 e. The molecule has 0 radical (unpaired) electrons. The highest BCUT2D eigenvalue weighted by molar-refractivity contribution is 7.12. The van der Waals surface area contributed by atoms with Gasteiger partial charge in [-0.3, -0.25) is 14.2 Å². The quantitative estimate of drug-likeness (QED) is 0.534. The summed E-state index contributed by atoms with van der Waals surface area (Å²) in [6, 6.07) is 6.40. The highest BCUT2D eigenvalue weighted by atomic mass is 32.1. The number of anilines is 1. The van der Waals surface area contributed by atoms with E-state index in [4.69, 9.17) is 0 Å². The second-order valence-electron chi connectivity index (χ2n) is 8.25. The van der Waals surface area contributed by atoms with Crippen molar-refractivity contribution in [2.24, 2.45) is 0 Å². The Morgan fingerprint density at radius 1 is 1.31 bits per heavy atom. The number of rotatable bonds is 6. The first kappa shape index (κ1) is 20.8. The molecule has 3 N–H and O–H groups in total. The zero-order valence-corrected chi connectivity index (χ0v) is 18.5. The smallest absolute Gasteiger partial charge is 0.277 e. The van der Waals surface area contributed by atoms with Crippen LogP contribution in [0.4, 0.5) is 10.1 Å². The summed E-state index contributed by atoms with van der Waals surface area (Å²) in [7, 11) is 0. The van der Waals surface area contributed by atoms with Crippen LogP contribution in [0.25, 0.3) is 0 Å². The van der Waals surface area contributed by atoms with Crippen molar-refractivity contribution in [2.45, 2.75) is 52.0 Å². The lowest BCUT2D eigenvalue weighted by molar-refractivity contribution is -0.124. The molecule has 0 bridgehead atoms. The number of hydrogen-bond acceptors (Lipinski definition) is 6. The van der Waals surface area contributed by atoms with Crippen LogP contribution in [-0.4, -0.2) is 15.5 Å². The molecular weight excluding hydrogens is 429 g/mol. The maximum absolute atomic E-state index is 14.0. The minimum absolute atomic E-state index is 0.165. The number of benzene rings is 1. The fraction of sp³-hybridized carbons (Fsp3) is 0.348. The van der Waals surface area contributed by atoms with Crippen molar-refractivity contribution in [3.05, 3.63) is 78.9 Å². The molecule has 2 aliphatic heterocycles. The number of amides is 1. The molecule has 3 aromatic rings. The molecule has 0 aliphatic carbocycles. The molecular formula is C23H24FN5O2S. The van der Waals surface area contributed by atoms with Crippen LogP contribution in [0.3, 0.4) is 0 Å². The van der Waals surface area contributed by atoms with Crippen LogP contribution in [0.1, 0.15) is 44.7 Å². The van der Waals surface area contributed by atoms with Crippen molar-refractivity contribution in [3.63, 3.8) is 0 Å². The first-order valence-corrected chi connectivity index (χ1v) is 11.5. The number of nitrogens with zero attached hydrogens (tertiary/aromatic N) is 2. The average Bonchev–Trinajstić information content (AvgIpc) is 3.48. The van der Waals surface area contributed by atoms with Crippen LogP contribution in [0.15, 0.2) is 35.3 Å². The van der Waals surface area contributed by atoms with Crippen LogP contribution in [0, 0.1) is 12.7 Å². The standard InChI is InChI=1S/C23H24FN5O2S/c1-13-2-3-17(24)14(6-13)9-26-18-11-27-21-5-4-19(29(21)23(18)31)22(30)28-10-16-7-15-8-25-12-20(15)32-16/h2-3,6-7,11,19,25-26H,4-5,8-10,12H2,1H3,(H,28,30)/t19-/m0/s1. The van der Waals surface area contributed by atoms with Gasteiger partial charge in [0.15, 0.2) is 0 Å². The lowest BCUT2D eigenvalue weighted by Crippen LogP contribution is -2.36. The molecule has 0 saturated carbocycles. The van der Waals surface area contributed by atoms with E-state index in [0.717, 1.165) is 23.5 Å². The number of carbonyl (C=O) groups excluding carboxylic acids is 1. The first-order valence-electron chi connectivity index (χ1n) is 10.7. The lowest BCUT2D eigenvalue weighted by atomic mass is 10.1. The van der Waals surface area contributed by atoms with Crippen LogP contribution in [0.5, 0.6) is 0 Å². The summed E-state index contributed by atoms with van der Waals surface area (Å²) in [4.78, 5) is 32.8. The van der Waals surface area contributed by atoms with Gasteiger partial charge < -0.3 is 16.0 Å². The Balaban J connectivity index is 1.29. The third-order valence-corrected chi connectivity index (χ3v) is 7.16. The Labute approximate surface area is 188 Å². The molecule has 4 heterocycles. The number of aromatic nitrogens is 2. The van der Waals surface area contributed by atoms with Gasteiger partial charge in [0, 0.05) is 41.4 Å². The molecule has 0 unspecified atom stereocenters. The Morgan fingerprint density at radius 2 is 2.19 bits per heavy atom. The Bertz CT molecular complexity index is 1230. The zero-order valence-electron chi connectivity index (χ0n) is 17.7. The van der Waals surface area contributed by atoms with E-state index < -0.39 is 6.04 Å². The summed E-state index contributed by atoms with van der Waals surface area (Å²) in [5.74, 6) is 0.0923. The Hall–Kier alpha value is -3.04. The highest BCUT2D eigenvalue weighted by Gasteiger charge is 2.31. The summed E-state index contributed by atoms with van der Waals surface area (Å²) in [6.07, 6.45) is 2.58. The van der Waals surface area contributed by atoms with E-state index in [-0.39, 0.29) is 29.5 Å². The molecule has 0 saturated heterocycles. The van der Waals surface area contributed by atoms with Gasteiger partial charge in [0.1, 0.15) is 23.4 Å². The predicted molar refractivity (Wildman–Crippen MR) is 121 cm³/mol. The van der Waals surface area contributed by atoms with E-state index in [2.05, 4.69) is 27.0 Å². The number of halogens is 1. The van der Waals surface area contributed by atoms with Crippen molar-refractivity contribution in [2.75, 3.05) is 5.32 Å². The Kier molecular flexibility index (Phi) is 5.52. The maximum atomic E-state index is 14.0. The van der Waals surface area contributed by atoms with Crippen LogP contribution in [0.2, 0.25) is 0 Å². The second kappa shape index (κ2) is 8.48. The second-order valence-corrected chi connectivity index (χ2v) is 9.47.